The molecule has 3 nitrogen and oxygen atoms in total. The van der Waals surface area contributed by atoms with E-state index in [9.17, 15) is 4.79 Å². The summed E-state index contributed by atoms with van der Waals surface area (Å²) in [5.41, 5.74) is 0. The number of rotatable bonds is 4. The Kier molecular flexibility index (Phi) is 5.59. The fourth-order valence-electron chi connectivity index (χ4n) is 1.80. The Morgan fingerprint density at radius 2 is 2.07 bits per heavy atom. The summed E-state index contributed by atoms with van der Waals surface area (Å²) in [4.78, 5) is 11.1. The lowest BCUT2D eigenvalue weighted by Crippen LogP contribution is -2.32. The van der Waals surface area contributed by atoms with Crippen molar-refractivity contribution in [3.8, 4) is 0 Å². The van der Waals surface area contributed by atoms with Crippen LogP contribution in [-0.4, -0.2) is 12.6 Å². The largest absolute Gasteiger partial charge is 0.334 e. The van der Waals surface area contributed by atoms with Crippen LogP contribution in [0.4, 0.5) is 4.79 Å². The standard InChI is InChI=1S/C12H20N2O/c1-2-9-13-12(15)14-10-8-11-6-4-3-5-7-11/h2,8,10-11H,1,3-7,9H2,(H2,13,14,15)/b10-8+. The number of hydrogen-bond acceptors (Lipinski definition) is 1. The van der Waals surface area contributed by atoms with Gasteiger partial charge in [-0.2, -0.15) is 0 Å². The van der Waals surface area contributed by atoms with E-state index in [1.807, 2.05) is 0 Å². The molecule has 0 aromatic heterocycles. The van der Waals surface area contributed by atoms with Gasteiger partial charge in [-0.05, 0) is 18.8 Å². The minimum Gasteiger partial charge on any atom is -0.334 e. The van der Waals surface area contributed by atoms with Crippen LogP contribution in [0.2, 0.25) is 0 Å². The molecular weight excluding hydrogens is 188 g/mol. The molecule has 84 valence electrons. The predicted octanol–water partition coefficient (Wildman–Crippen LogP) is 2.57. The number of amides is 2. The fraction of sp³-hybridized carbons (Fsp3) is 0.583. The third-order valence-electron chi connectivity index (χ3n) is 2.64. The number of urea groups is 1. The maximum absolute atomic E-state index is 11.1. The lowest BCUT2D eigenvalue weighted by molar-refractivity contribution is 0.245. The van der Waals surface area contributed by atoms with Crippen molar-refractivity contribution < 1.29 is 4.79 Å². The van der Waals surface area contributed by atoms with E-state index in [4.69, 9.17) is 0 Å². The van der Waals surface area contributed by atoms with Gasteiger partial charge in [0.05, 0.1) is 0 Å². The minimum atomic E-state index is -0.165. The zero-order valence-electron chi connectivity index (χ0n) is 9.17. The smallest absolute Gasteiger partial charge is 0.318 e. The number of hydrogen-bond donors (Lipinski definition) is 2. The van der Waals surface area contributed by atoms with Crippen LogP contribution in [0.5, 0.6) is 0 Å². The lowest BCUT2D eigenvalue weighted by atomic mass is 9.89. The van der Waals surface area contributed by atoms with E-state index in [0.29, 0.717) is 12.5 Å². The molecule has 0 aromatic rings. The molecule has 1 rings (SSSR count). The number of carbonyl (C=O) groups is 1. The van der Waals surface area contributed by atoms with Crippen LogP contribution in [0, 0.1) is 5.92 Å². The van der Waals surface area contributed by atoms with E-state index in [1.54, 1.807) is 12.3 Å². The first kappa shape index (κ1) is 11.8. The Balaban J connectivity index is 2.14. The lowest BCUT2D eigenvalue weighted by Gasteiger charge is -2.17. The molecule has 0 bridgehead atoms. The van der Waals surface area contributed by atoms with Crippen molar-refractivity contribution in [1.82, 2.24) is 10.6 Å². The molecule has 2 amide bonds. The molecule has 0 heterocycles. The third-order valence-corrected chi connectivity index (χ3v) is 2.64. The molecule has 3 heteroatoms. The van der Waals surface area contributed by atoms with Crippen molar-refractivity contribution in [2.75, 3.05) is 6.54 Å². The van der Waals surface area contributed by atoms with Crippen LogP contribution in [0.3, 0.4) is 0 Å². The van der Waals surface area contributed by atoms with Crippen molar-refractivity contribution in [3.05, 3.63) is 24.9 Å². The van der Waals surface area contributed by atoms with Crippen molar-refractivity contribution in [2.45, 2.75) is 32.1 Å². The predicted molar refractivity (Wildman–Crippen MR) is 62.4 cm³/mol. The summed E-state index contributed by atoms with van der Waals surface area (Å²) in [7, 11) is 0. The summed E-state index contributed by atoms with van der Waals surface area (Å²) in [6.45, 7) is 4.03. The van der Waals surface area contributed by atoms with Gasteiger partial charge in [-0.1, -0.05) is 31.4 Å². The summed E-state index contributed by atoms with van der Waals surface area (Å²) < 4.78 is 0. The zero-order chi connectivity index (χ0) is 10.9. The molecule has 15 heavy (non-hydrogen) atoms. The Morgan fingerprint density at radius 3 is 2.73 bits per heavy atom. The van der Waals surface area contributed by atoms with E-state index in [-0.39, 0.29) is 6.03 Å². The molecule has 0 atom stereocenters. The first-order valence-corrected chi connectivity index (χ1v) is 5.65. The molecule has 0 aliphatic heterocycles. The van der Waals surface area contributed by atoms with E-state index < -0.39 is 0 Å². The molecule has 1 saturated carbocycles. The van der Waals surface area contributed by atoms with Gasteiger partial charge in [0, 0.05) is 12.7 Å². The molecule has 0 saturated heterocycles. The van der Waals surface area contributed by atoms with Crippen molar-refractivity contribution in [1.29, 1.82) is 0 Å². The third kappa shape index (κ3) is 5.25. The van der Waals surface area contributed by atoms with Gasteiger partial charge >= 0.3 is 6.03 Å². The average Bonchev–Trinajstić information content (AvgIpc) is 2.28. The fourth-order valence-corrected chi connectivity index (χ4v) is 1.80. The summed E-state index contributed by atoms with van der Waals surface area (Å²) in [5.74, 6) is 0.651. The van der Waals surface area contributed by atoms with Gasteiger partial charge in [-0.15, -0.1) is 6.58 Å². The van der Waals surface area contributed by atoms with E-state index in [1.165, 1.54) is 32.1 Å². The second kappa shape index (κ2) is 7.10. The Labute approximate surface area is 91.6 Å². The highest BCUT2D eigenvalue weighted by Crippen LogP contribution is 2.24. The average molecular weight is 208 g/mol. The van der Waals surface area contributed by atoms with Gasteiger partial charge < -0.3 is 10.6 Å². The quantitative estimate of drug-likeness (QED) is 0.685. The van der Waals surface area contributed by atoms with Gasteiger partial charge in [0.25, 0.3) is 0 Å². The van der Waals surface area contributed by atoms with Crippen LogP contribution in [-0.2, 0) is 0 Å². The molecule has 1 aliphatic rings. The molecule has 1 aliphatic carbocycles. The van der Waals surface area contributed by atoms with Gasteiger partial charge in [0.1, 0.15) is 0 Å². The number of carbonyl (C=O) groups excluding carboxylic acids is 1. The van der Waals surface area contributed by atoms with E-state index >= 15 is 0 Å². The van der Waals surface area contributed by atoms with Gasteiger partial charge in [0.2, 0.25) is 0 Å². The highest BCUT2D eigenvalue weighted by atomic mass is 16.2. The van der Waals surface area contributed by atoms with Crippen LogP contribution < -0.4 is 10.6 Å². The Hall–Kier alpha value is -1.25. The summed E-state index contributed by atoms with van der Waals surface area (Å²) in [6, 6.07) is -0.165. The molecular formula is C12H20N2O. The highest BCUT2D eigenvalue weighted by molar-refractivity contribution is 5.74. The number of allylic oxidation sites excluding steroid dienone is 1. The zero-order valence-corrected chi connectivity index (χ0v) is 9.17. The first-order chi connectivity index (χ1) is 7.33. The van der Waals surface area contributed by atoms with Crippen molar-refractivity contribution in [3.63, 3.8) is 0 Å². The molecule has 0 radical (unpaired) electrons. The second-order valence-corrected chi connectivity index (χ2v) is 3.90. The maximum Gasteiger partial charge on any atom is 0.318 e. The molecule has 0 unspecified atom stereocenters. The summed E-state index contributed by atoms with van der Waals surface area (Å²) in [5, 5.41) is 5.34. The SMILES string of the molecule is C=CCNC(=O)N/C=C/C1CCCCC1. The maximum atomic E-state index is 11.1. The summed E-state index contributed by atoms with van der Waals surface area (Å²) in [6.07, 6.45) is 12.0. The molecule has 1 fully saturated rings. The molecule has 0 spiro atoms. The summed E-state index contributed by atoms with van der Waals surface area (Å²) >= 11 is 0. The minimum absolute atomic E-state index is 0.165. The van der Waals surface area contributed by atoms with Crippen molar-refractivity contribution in [2.24, 2.45) is 5.92 Å². The monoisotopic (exact) mass is 208 g/mol. The van der Waals surface area contributed by atoms with Gasteiger partial charge in [-0.25, -0.2) is 4.79 Å². The van der Waals surface area contributed by atoms with E-state index in [2.05, 4.69) is 23.3 Å². The van der Waals surface area contributed by atoms with Gasteiger partial charge in [-0.3, -0.25) is 0 Å². The Bertz CT molecular complexity index is 230. The topological polar surface area (TPSA) is 41.1 Å². The van der Waals surface area contributed by atoms with Crippen LogP contribution in [0.15, 0.2) is 24.9 Å². The second-order valence-electron chi connectivity index (χ2n) is 3.90. The van der Waals surface area contributed by atoms with Crippen LogP contribution >= 0.6 is 0 Å². The highest BCUT2D eigenvalue weighted by Gasteiger charge is 2.09. The normalized spacial score (nSPS) is 17.6. The molecule has 2 N–H and O–H groups in total. The van der Waals surface area contributed by atoms with Crippen LogP contribution in [0.25, 0.3) is 0 Å². The van der Waals surface area contributed by atoms with E-state index in [0.717, 1.165) is 0 Å². The van der Waals surface area contributed by atoms with Crippen LogP contribution in [0.1, 0.15) is 32.1 Å². The number of nitrogens with one attached hydrogen (secondary N) is 2. The molecule has 0 aromatic carbocycles. The van der Waals surface area contributed by atoms with Gasteiger partial charge in [0.15, 0.2) is 0 Å². The van der Waals surface area contributed by atoms with Crippen molar-refractivity contribution >= 4 is 6.03 Å². The first-order valence-electron chi connectivity index (χ1n) is 5.65. The Morgan fingerprint density at radius 1 is 1.33 bits per heavy atom.